The van der Waals surface area contributed by atoms with Gasteiger partial charge in [-0.3, -0.25) is 4.79 Å². The van der Waals surface area contributed by atoms with Crippen LogP contribution in [0.5, 0.6) is 0 Å². The number of alkyl halides is 5. The van der Waals surface area contributed by atoms with Gasteiger partial charge in [-0.05, 0) is 48.1 Å². The number of hydrogen-bond acceptors (Lipinski definition) is 1. The van der Waals surface area contributed by atoms with Crippen LogP contribution in [-0.2, 0) is 17.4 Å². The summed E-state index contributed by atoms with van der Waals surface area (Å²) in [5, 5.41) is 0. The smallest absolute Gasteiger partial charge is 0.331 e. The van der Waals surface area contributed by atoms with Crippen LogP contribution in [0, 0.1) is 5.92 Å². The second-order valence-electron chi connectivity index (χ2n) is 8.13. The van der Waals surface area contributed by atoms with E-state index in [0.717, 1.165) is 23.3 Å². The van der Waals surface area contributed by atoms with Crippen LogP contribution in [0.1, 0.15) is 54.0 Å². The molecule has 1 fully saturated rings. The Morgan fingerprint density at radius 3 is 2.23 bits per heavy atom. The average Bonchev–Trinajstić information content (AvgIpc) is 2.72. The molecule has 1 aliphatic heterocycles. The first-order chi connectivity index (χ1) is 14.2. The molecule has 2 aromatic carbocycles. The van der Waals surface area contributed by atoms with Crippen molar-refractivity contribution in [2.75, 3.05) is 6.54 Å². The lowest BCUT2D eigenvalue weighted by molar-refractivity contribution is -0.142. The predicted molar refractivity (Wildman–Crippen MR) is 102 cm³/mol. The van der Waals surface area contributed by atoms with E-state index >= 15 is 0 Å². The van der Waals surface area contributed by atoms with Crippen molar-refractivity contribution < 1.29 is 26.7 Å². The zero-order valence-electron chi connectivity index (χ0n) is 16.3. The number of carbonyl (C=O) groups is 1. The topological polar surface area (TPSA) is 20.3 Å². The van der Waals surface area contributed by atoms with Crippen molar-refractivity contribution in [2.45, 2.75) is 50.2 Å². The Morgan fingerprint density at radius 2 is 1.60 bits per heavy atom. The van der Waals surface area contributed by atoms with Gasteiger partial charge in [0.1, 0.15) is 0 Å². The zero-order chi connectivity index (χ0) is 21.5. The number of carbonyl (C=O) groups excluding carboxylic acids is 1. The van der Waals surface area contributed by atoms with Crippen molar-refractivity contribution in [1.82, 2.24) is 4.90 Å². The predicted octanol–water partition coefficient (Wildman–Crippen LogP) is 6.01. The molecule has 1 aliphatic carbocycles. The Balaban J connectivity index is 1.67. The highest BCUT2D eigenvalue weighted by Gasteiger charge is 2.41. The lowest BCUT2D eigenvalue weighted by atomic mass is 9.83. The molecule has 0 spiro atoms. The summed E-state index contributed by atoms with van der Waals surface area (Å²) in [5.74, 6) is -3.39. The number of rotatable bonds is 2. The van der Waals surface area contributed by atoms with Crippen LogP contribution in [0.2, 0.25) is 0 Å². The van der Waals surface area contributed by atoms with E-state index in [1.807, 2.05) is 24.3 Å². The molecule has 1 amide bonds. The third-order valence-corrected chi connectivity index (χ3v) is 6.19. The summed E-state index contributed by atoms with van der Waals surface area (Å²) in [6.07, 6.45) is -4.17. The second kappa shape index (κ2) is 7.67. The highest BCUT2D eigenvalue weighted by Crippen LogP contribution is 2.41. The lowest BCUT2D eigenvalue weighted by Crippen LogP contribution is -2.45. The maximum atomic E-state index is 13.5. The quantitative estimate of drug-likeness (QED) is 0.542. The van der Waals surface area contributed by atoms with Gasteiger partial charge < -0.3 is 4.90 Å². The number of fused-ring (bicyclic) bond motifs is 1. The maximum absolute atomic E-state index is 13.5. The average molecular weight is 423 g/mol. The second-order valence-corrected chi connectivity index (χ2v) is 8.13. The van der Waals surface area contributed by atoms with Crippen molar-refractivity contribution in [3.8, 4) is 0 Å². The van der Waals surface area contributed by atoms with E-state index in [4.69, 9.17) is 0 Å². The Kier molecular flexibility index (Phi) is 5.32. The molecule has 0 radical (unpaired) electrons. The molecule has 2 aliphatic rings. The molecule has 0 aromatic heterocycles. The highest BCUT2D eigenvalue weighted by atomic mass is 19.4. The minimum absolute atomic E-state index is 0.129. The van der Waals surface area contributed by atoms with Crippen LogP contribution >= 0.6 is 0 Å². The molecule has 1 atom stereocenters. The Bertz CT molecular complexity index is 912. The lowest BCUT2D eigenvalue weighted by Gasteiger charge is -2.40. The Morgan fingerprint density at radius 1 is 0.967 bits per heavy atom. The van der Waals surface area contributed by atoms with E-state index in [9.17, 15) is 26.7 Å². The molecule has 0 bridgehead atoms. The van der Waals surface area contributed by atoms with Crippen LogP contribution in [0.3, 0.4) is 0 Å². The summed E-state index contributed by atoms with van der Waals surface area (Å²) in [7, 11) is 0. The van der Waals surface area contributed by atoms with Gasteiger partial charge in [-0.25, -0.2) is 8.78 Å². The van der Waals surface area contributed by atoms with E-state index in [2.05, 4.69) is 0 Å². The number of nitrogens with zero attached hydrogens (tertiary/aromatic N) is 1. The van der Waals surface area contributed by atoms with Crippen molar-refractivity contribution in [1.29, 1.82) is 0 Å². The van der Waals surface area contributed by atoms with E-state index in [1.165, 1.54) is 12.1 Å². The molecule has 2 nitrogen and oxygen atoms in total. The minimum atomic E-state index is -4.44. The SMILES string of the molecule is O=C(C1CCC(F)(F)CC1)N1CCc2ccccc2C1c1ccc(C(F)(F)F)cc1. The van der Waals surface area contributed by atoms with Crippen LogP contribution in [0.15, 0.2) is 48.5 Å². The molecular weight excluding hydrogens is 401 g/mol. The fraction of sp³-hybridized carbons (Fsp3) is 0.435. The molecule has 4 rings (SSSR count). The third kappa shape index (κ3) is 4.07. The number of amides is 1. The van der Waals surface area contributed by atoms with Gasteiger partial charge in [0.2, 0.25) is 11.8 Å². The van der Waals surface area contributed by atoms with Gasteiger partial charge in [0, 0.05) is 25.3 Å². The first kappa shape index (κ1) is 20.8. The van der Waals surface area contributed by atoms with Gasteiger partial charge in [-0.15, -0.1) is 0 Å². The van der Waals surface area contributed by atoms with Gasteiger partial charge in [-0.1, -0.05) is 36.4 Å². The van der Waals surface area contributed by atoms with Crippen molar-refractivity contribution in [3.05, 3.63) is 70.8 Å². The molecule has 30 heavy (non-hydrogen) atoms. The van der Waals surface area contributed by atoms with E-state index in [0.29, 0.717) is 18.5 Å². The van der Waals surface area contributed by atoms with Gasteiger partial charge in [0.15, 0.2) is 0 Å². The Labute approximate surface area is 171 Å². The van der Waals surface area contributed by atoms with Crippen LogP contribution < -0.4 is 0 Å². The maximum Gasteiger partial charge on any atom is 0.416 e. The van der Waals surface area contributed by atoms with Gasteiger partial charge in [-0.2, -0.15) is 13.2 Å². The monoisotopic (exact) mass is 423 g/mol. The fourth-order valence-electron chi connectivity index (χ4n) is 4.54. The van der Waals surface area contributed by atoms with Crippen LogP contribution in [0.4, 0.5) is 22.0 Å². The summed E-state index contributed by atoms with van der Waals surface area (Å²) >= 11 is 0. The van der Waals surface area contributed by atoms with Crippen molar-refractivity contribution in [3.63, 3.8) is 0 Å². The van der Waals surface area contributed by atoms with Crippen LogP contribution in [-0.4, -0.2) is 23.3 Å². The Hall–Kier alpha value is -2.44. The van der Waals surface area contributed by atoms with Gasteiger partial charge in [0.25, 0.3) is 0 Å². The summed E-state index contributed by atoms with van der Waals surface area (Å²) in [6, 6.07) is 11.9. The molecule has 2 aromatic rings. The molecule has 0 saturated heterocycles. The molecule has 1 unspecified atom stereocenters. The first-order valence-corrected chi connectivity index (χ1v) is 10.1. The first-order valence-electron chi connectivity index (χ1n) is 10.1. The van der Waals surface area contributed by atoms with Crippen molar-refractivity contribution >= 4 is 5.91 Å². The fourth-order valence-corrected chi connectivity index (χ4v) is 4.54. The van der Waals surface area contributed by atoms with E-state index < -0.39 is 29.6 Å². The van der Waals surface area contributed by atoms with E-state index in [1.54, 1.807) is 4.90 Å². The van der Waals surface area contributed by atoms with Gasteiger partial charge in [0.05, 0.1) is 11.6 Å². The number of halogens is 5. The van der Waals surface area contributed by atoms with Crippen molar-refractivity contribution in [2.24, 2.45) is 5.92 Å². The summed E-state index contributed by atoms with van der Waals surface area (Å²) in [6.45, 7) is 0.411. The minimum Gasteiger partial charge on any atom is -0.331 e. The van der Waals surface area contributed by atoms with Crippen LogP contribution in [0.25, 0.3) is 0 Å². The van der Waals surface area contributed by atoms with Gasteiger partial charge >= 0.3 is 6.18 Å². The zero-order valence-corrected chi connectivity index (χ0v) is 16.3. The standard InChI is InChI=1S/C23H22F5NO/c24-22(25)12-9-17(10-13-22)21(30)29-14-11-15-3-1-2-4-19(15)20(29)16-5-7-18(8-6-16)23(26,27)28/h1-8,17,20H,9-14H2. The summed E-state index contributed by atoms with van der Waals surface area (Å²) in [5.41, 5.74) is 1.76. The molecule has 1 saturated carbocycles. The highest BCUT2D eigenvalue weighted by molar-refractivity contribution is 5.80. The number of hydrogen-bond donors (Lipinski definition) is 0. The molecule has 7 heteroatoms. The summed E-state index contributed by atoms with van der Waals surface area (Å²) in [4.78, 5) is 15.0. The summed E-state index contributed by atoms with van der Waals surface area (Å²) < 4.78 is 66.0. The molecule has 160 valence electrons. The molecular formula is C23H22F5NO. The molecule has 0 N–H and O–H groups in total. The molecule has 1 heterocycles. The normalized spacial score (nSPS) is 21.9. The third-order valence-electron chi connectivity index (χ3n) is 6.19. The number of benzene rings is 2. The largest absolute Gasteiger partial charge is 0.416 e. The van der Waals surface area contributed by atoms with E-state index in [-0.39, 0.29) is 31.6 Å².